The highest BCUT2D eigenvalue weighted by Gasteiger charge is 2.32. The lowest BCUT2D eigenvalue weighted by molar-refractivity contribution is -0.115. The Kier molecular flexibility index (Phi) is 18.9. The second-order valence-corrected chi connectivity index (χ2v) is 18.2. The number of rotatable bonds is 27. The summed E-state index contributed by atoms with van der Waals surface area (Å²) in [6.45, 7) is 2.62. The van der Waals surface area contributed by atoms with Gasteiger partial charge in [-0.1, -0.05) is 145 Å². The molecule has 328 valence electrons. The first kappa shape index (κ1) is 47.5. The second kappa shape index (κ2) is 24.2. The van der Waals surface area contributed by atoms with E-state index < -0.39 is 27.1 Å². The molecule has 5 rings (SSSR count). The highest BCUT2D eigenvalue weighted by Crippen LogP contribution is 2.36. The number of nitrogens with zero attached hydrogens (tertiary/aromatic N) is 1. The lowest BCUT2D eigenvalue weighted by atomic mass is 9.99. The third-order valence-corrected chi connectivity index (χ3v) is 13.2. The van der Waals surface area contributed by atoms with Crippen molar-refractivity contribution in [2.24, 2.45) is 7.05 Å². The van der Waals surface area contributed by atoms with Crippen molar-refractivity contribution < 1.29 is 27.5 Å². The fourth-order valence-electron chi connectivity index (χ4n) is 7.65. The van der Waals surface area contributed by atoms with Crippen LogP contribution in [0.15, 0.2) is 95.9 Å². The SMILES string of the molecule is CCCCCCCCCCCCCCCCCCOc1ccc(S(=O)(=O)Nc2ccccc2Cl)cc1NC(=O)C(Cl)C(=O)c1c(-c2ccc(OC)cc2)n(C)c2ccccc12. The van der Waals surface area contributed by atoms with E-state index in [-0.39, 0.29) is 27.0 Å². The predicted octanol–water partition coefficient (Wildman–Crippen LogP) is 13.4. The number of hydrogen-bond acceptors (Lipinski definition) is 6. The maximum atomic E-state index is 14.3. The largest absolute Gasteiger partial charge is 0.497 e. The van der Waals surface area contributed by atoms with E-state index in [4.69, 9.17) is 32.7 Å². The topological polar surface area (TPSA) is 116 Å². The predicted molar refractivity (Wildman–Crippen MR) is 251 cm³/mol. The van der Waals surface area contributed by atoms with Crippen LogP contribution in [0, 0.1) is 0 Å². The van der Waals surface area contributed by atoms with Gasteiger partial charge in [0.2, 0.25) is 0 Å². The van der Waals surface area contributed by atoms with Crippen molar-refractivity contribution in [3.05, 3.63) is 102 Å². The van der Waals surface area contributed by atoms with E-state index >= 15 is 0 Å². The zero-order valence-corrected chi connectivity index (χ0v) is 38.1. The van der Waals surface area contributed by atoms with Gasteiger partial charge >= 0.3 is 0 Å². The van der Waals surface area contributed by atoms with Gasteiger partial charge in [-0.05, 0) is 72.6 Å². The van der Waals surface area contributed by atoms with Gasteiger partial charge in [-0.2, -0.15) is 0 Å². The molecule has 0 aliphatic carbocycles. The molecule has 9 nitrogen and oxygen atoms in total. The van der Waals surface area contributed by atoms with E-state index in [0.29, 0.717) is 29.0 Å². The second-order valence-electron chi connectivity index (χ2n) is 15.6. The van der Waals surface area contributed by atoms with Gasteiger partial charge in [0.25, 0.3) is 15.9 Å². The summed E-state index contributed by atoms with van der Waals surface area (Å²) in [5.41, 5.74) is 2.67. The summed E-state index contributed by atoms with van der Waals surface area (Å²) in [4.78, 5) is 28.1. The van der Waals surface area contributed by atoms with Crippen molar-refractivity contribution in [2.45, 2.75) is 120 Å². The molecule has 0 fully saturated rings. The minimum Gasteiger partial charge on any atom is -0.497 e. The van der Waals surface area contributed by atoms with Crippen molar-refractivity contribution in [1.29, 1.82) is 0 Å². The third kappa shape index (κ3) is 13.5. The Hall–Kier alpha value is -4.51. The smallest absolute Gasteiger partial charge is 0.262 e. The zero-order valence-electron chi connectivity index (χ0n) is 35.8. The molecule has 0 saturated carbocycles. The third-order valence-electron chi connectivity index (χ3n) is 11.1. The number of ketones is 1. The Balaban J connectivity index is 1.23. The van der Waals surface area contributed by atoms with Crippen LogP contribution >= 0.6 is 23.2 Å². The molecule has 0 aliphatic rings. The molecule has 61 heavy (non-hydrogen) atoms. The van der Waals surface area contributed by atoms with Crippen LogP contribution < -0.4 is 19.5 Å². The number of halogens is 2. The fourth-order valence-corrected chi connectivity index (χ4v) is 9.16. The van der Waals surface area contributed by atoms with Crippen molar-refractivity contribution in [3.63, 3.8) is 0 Å². The summed E-state index contributed by atoms with van der Waals surface area (Å²) in [6.07, 6.45) is 20.0. The Morgan fingerprint density at radius 1 is 0.721 bits per heavy atom. The van der Waals surface area contributed by atoms with E-state index in [2.05, 4.69) is 17.0 Å². The van der Waals surface area contributed by atoms with E-state index in [1.54, 1.807) is 43.5 Å². The molecule has 0 bridgehead atoms. The quantitative estimate of drug-likeness (QED) is 0.0235. The first-order valence-corrected chi connectivity index (χ1v) is 24.1. The minimum absolute atomic E-state index is 0.0651. The molecular weight excluding hydrogens is 830 g/mol. The van der Waals surface area contributed by atoms with Gasteiger partial charge in [0.15, 0.2) is 11.2 Å². The van der Waals surface area contributed by atoms with Gasteiger partial charge in [0.1, 0.15) is 11.5 Å². The van der Waals surface area contributed by atoms with Crippen LogP contribution in [0.4, 0.5) is 11.4 Å². The van der Waals surface area contributed by atoms with Crippen LogP contribution in [-0.4, -0.2) is 43.8 Å². The number of methoxy groups -OCH3 is 1. The number of anilines is 2. The summed E-state index contributed by atoms with van der Waals surface area (Å²) < 4.78 is 43.1. The van der Waals surface area contributed by atoms with Gasteiger partial charge in [0, 0.05) is 18.0 Å². The van der Waals surface area contributed by atoms with E-state index in [1.807, 2.05) is 48.0 Å². The number of Topliss-reactive ketones (excluding diaryl/α,β-unsaturated/α-hetero) is 1. The average Bonchev–Trinajstić information content (AvgIpc) is 3.56. The lowest BCUT2D eigenvalue weighted by Crippen LogP contribution is -2.31. The molecule has 1 unspecified atom stereocenters. The summed E-state index contributed by atoms with van der Waals surface area (Å²) in [5.74, 6) is -0.529. The molecule has 0 saturated heterocycles. The summed E-state index contributed by atoms with van der Waals surface area (Å²) >= 11 is 13.0. The Bertz CT molecular complexity index is 2290. The Labute approximate surface area is 372 Å². The number of aromatic nitrogens is 1. The average molecular weight is 891 g/mol. The number of nitrogens with one attached hydrogen (secondary N) is 2. The number of para-hydroxylation sites is 2. The number of carbonyl (C=O) groups is 2. The minimum atomic E-state index is -4.16. The van der Waals surface area contributed by atoms with Crippen LogP contribution in [0.2, 0.25) is 5.02 Å². The highest BCUT2D eigenvalue weighted by molar-refractivity contribution is 7.92. The molecule has 2 N–H and O–H groups in total. The summed E-state index contributed by atoms with van der Waals surface area (Å²) in [5, 5.41) is 1.92. The molecule has 1 heterocycles. The van der Waals surface area contributed by atoms with Crippen molar-refractivity contribution >= 4 is 67.2 Å². The number of carbonyl (C=O) groups excluding carboxylic acids is 2. The standard InChI is InChI=1S/C49H61Cl2N3O6S/c1-4-5-6-7-8-9-10-11-12-13-14-15-16-17-18-23-34-60-44-33-32-38(61(57,58)53-41-26-21-20-25-40(41)50)35-42(44)52-49(56)46(51)48(55)45-39-24-19-22-27-43(39)54(2)47(45)36-28-30-37(59-3)31-29-36/h19-22,24-33,35,46,53H,4-18,23,34H2,1-3H3,(H,52,56). The van der Waals surface area contributed by atoms with Crippen LogP contribution in [0.1, 0.15) is 120 Å². The molecule has 5 aromatic rings. The van der Waals surface area contributed by atoms with Crippen molar-refractivity contribution in [1.82, 2.24) is 4.57 Å². The first-order valence-electron chi connectivity index (χ1n) is 21.8. The molecular formula is C49H61Cl2N3O6S. The number of aryl methyl sites for hydroxylation is 1. The van der Waals surface area contributed by atoms with E-state index in [1.165, 1.54) is 102 Å². The number of fused-ring (bicyclic) bond motifs is 1. The first-order chi connectivity index (χ1) is 29.6. The van der Waals surface area contributed by atoms with Gasteiger partial charge < -0.3 is 19.4 Å². The number of ether oxygens (including phenoxy) is 2. The summed E-state index contributed by atoms with van der Waals surface area (Å²) in [7, 11) is -0.725. The van der Waals surface area contributed by atoms with E-state index in [0.717, 1.165) is 30.3 Å². The fraction of sp³-hybridized carbons (Fsp3) is 0.429. The monoisotopic (exact) mass is 889 g/mol. The Morgan fingerprint density at radius 3 is 1.90 bits per heavy atom. The molecule has 4 aromatic carbocycles. The number of benzene rings is 4. The number of alkyl halides is 1. The van der Waals surface area contributed by atoms with Crippen LogP contribution in [-0.2, 0) is 21.9 Å². The Morgan fingerprint density at radius 2 is 1.30 bits per heavy atom. The molecule has 1 aromatic heterocycles. The number of amides is 1. The van der Waals surface area contributed by atoms with Crippen LogP contribution in [0.5, 0.6) is 11.5 Å². The van der Waals surface area contributed by atoms with Crippen molar-refractivity contribution in [2.75, 3.05) is 23.8 Å². The summed E-state index contributed by atoms with van der Waals surface area (Å²) in [6, 6.07) is 25.4. The molecule has 1 atom stereocenters. The molecule has 0 radical (unpaired) electrons. The zero-order chi connectivity index (χ0) is 43.6. The van der Waals surface area contributed by atoms with Crippen LogP contribution in [0.3, 0.4) is 0 Å². The van der Waals surface area contributed by atoms with Crippen molar-refractivity contribution in [3.8, 4) is 22.8 Å². The molecule has 1 amide bonds. The number of sulfonamides is 1. The molecule has 12 heteroatoms. The highest BCUT2D eigenvalue weighted by atomic mass is 35.5. The normalized spacial score (nSPS) is 12.0. The maximum absolute atomic E-state index is 14.3. The number of unbranched alkanes of at least 4 members (excludes halogenated alkanes) is 15. The van der Waals surface area contributed by atoms with E-state index in [9.17, 15) is 18.0 Å². The maximum Gasteiger partial charge on any atom is 0.262 e. The lowest BCUT2D eigenvalue weighted by Gasteiger charge is -2.17. The van der Waals surface area contributed by atoms with Gasteiger partial charge in [-0.15, -0.1) is 11.6 Å². The van der Waals surface area contributed by atoms with Gasteiger partial charge in [0.05, 0.1) is 46.3 Å². The van der Waals surface area contributed by atoms with Gasteiger partial charge in [-0.25, -0.2) is 8.42 Å². The molecule has 0 aliphatic heterocycles. The van der Waals surface area contributed by atoms with Crippen LogP contribution in [0.25, 0.3) is 22.2 Å². The number of hydrogen-bond donors (Lipinski definition) is 2. The van der Waals surface area contributed by atoms with Gasteiger partial charge in [-0.3, -0.25) is 14.3 Å². The molecule has 0 spiro atoms.